The van der Waals surface area contributed by atoms with Crippen LogP contribution in [-0.4, -0.2) is 26.2 Å². The van der Waals surface area contributed by atoms with Crippen LogP contribution in [-0.2, 0) is 19.1 Å². The summed E-state index contributed by atoms with van der Waals surface area (Å²) in [5.41, 5.74) is 0. The Morgan fingerprint density at radius 3 is 2.37 bits per heavy atom. The van der Waals surface area contributed by atoms with Gasteiger partial charge in [0.05, 0.1) is 14.2 Å². The van der Waals surface area contributed by atoms with Crippen LogP contribution in [0.15, 0.2) is 36.5 Å². The molecule has 0 aromatic heterocycles. The average molecular weight is 264 g/mol. The lowest BCUT2D eigenvalue weighted by Crippen LogP contribution is -2.09. The lowest BCUT2D eigenvalue weighted by molar-refractivity contribution is -0.135. The second-order valence-corrected chi connectivity index (χ2v) is 4.36. The van der Waals surface area contributed by atoms with Crippen LogP contribution < -0.4 is 0 Å². The van der Waals surface area contributed by atoms with Gasteiger partial charge in [0.25, 0.3) is 0 Å². The van der Waals surface area contributed by atoms with Gasteiger partial charge in [0.1, 0.15) is 0 Å². The maximum absolute atomic E-state index is 11.1. The molecule has 0 aromatic rings. The summed E-state index contributed by atoms with van der Waals surface area (Å²) in [4.78, 5) is 22.3. The van der Waals surface area contributed by atoms with Crippen molar-refractivity contribution in [2.75, 3.05) is 14.2 Å². The Morgan fingerprint density at radius 2 is 1.74 bits per heavy atom. The number of carbonyl (C=O) groups excluding carboxylic acids is 2. The molecule has 0 spiro atoms. The van der Waals surface area contributed by atoms with Gasteiger partial charge in [0.2, 0.25) is 0 Å². The Kier molecular flexibility index (Phi) is 6.64. The minimum atomic E-state index is -0.367. The second kappa shape index (κ2) is 8.29. The van der Waals surface area contributed by atoms with Crippen LogP contribution in [0.25, 0.3) is 0 Å². The molecule has 2 atom stereocenters. The largest absolute Gasteiger partial charge is 0.466 e. The Morgan fingerprint density at radius 1 is 1.11 bits per heavy atom. The molecular formula is C15H20O4. The topological polar surface area (TPSA) is 52.6 Å². The van der Waals surface area contributed by atoms with E-state index in [1.165, 1.54) is 26.4 Å². The maximum Gasteiger partial charge on any atom is 0.330 e. The third-order valence-corrected chi connectivity index (χ3v) is 3.10. The van der Waals surface area contributed by atoms with Gasteiger partial charge in [-0.2, -0.15) is 0 Å². The van der Waals surface area contributed by atoms with Crippen molar-refractivity contribution < 1.29 is 19.1 Å². The molecule has 1 rings (SSSR count). The smallest absolute Gasteiger partial charge is 0.330 e. The van der Waals surface area contributed by atoms with Gasteiger partial charge in [-0.15, -0.1) is 0 Å². The zero-order valence-electron chi connectivity index (χ0n) is 11.4. The summed E-state index contributed by atoms with van der Waals surface area (Å²) in [6, 6.07) is 0. The lowest BCUT2D eigenvalue weighted by Gasteiger charge is -2.16. The molecule has 1 aliphatic rings. The Bertz CT molecular complexity index is 393. The highest BCUT2D eigenvalue weighted by Gasteiger charge is 2.16. The third kappa shape index (κ3) is 5.55. The molecule has 0 amide bonds. The van der Waals surface area contributed by atoms with E-state index in [1.807, 2.05) is 12.2 Å². The van der Waals surface area contributed by atoms with Gasteiger partial charge in [0.15, 0.2) is 0 Å². The summed E-state index contributed by atoms with van der Waals surface area (Å²) in [5, 5.41) is 0. The molecule has 0 radical (unpaired) electrons. The van der Waals surface area contributed by atoms with E-state index in [0.717, 1.165) is 19.3 Å². The highest BCUT2D eigenvalue weighted by molar-refractivity contribution is 5.82. The third-order valence-electron chi connectivity index (χ3n) is 3.10. The van der Waals surface area contributed by atoms with E-state index in [9.17, 15) is 9.59 Å². The van der Waals surface area contributed by atoms with Crippen molar-refractivity contribution in [3.8, 4) is 0 Å². The number of allylic oxidation sites excluding steroid dienone is 4. The van der Waals surface area contributed by atoms with E-state index < -0.39 is 0 Å². The molecule has 4 nitrogen and oxygen atoms in total. The quantitative estimate of drug-likeness (QED) is 0.444. The summed E-state index contributed by atoms with van der Waals surface area (Å²) >= 11 is 0. The molecular weight excluding hydrogens is 244 g/mol. The predicted molar refractivity (Wildman–Crippen MR) is 72.3 cm³/mol. The lowest BCUT2D eigenvalue weighted by atomic mass is 9.89. The molecule has 0 N–H and O–H groups in total. The van der Waals surface area contributed by atoms with Crippen molar-refractivity contribution in [1.82, 2.24) is 0 Å². The number of methoxy groups -OCH3 is 2. The molecule has 0 fully saturated rings. The van der Waals surface area contributed by atoms with E-state index in [1.54, 1.807) is 0 Å². The van der Waals surface area contributed by atoms with E-state index in [0.29, 0.717) is 0 Å². The molecule has 0 bridgehead atoms. The van der Waals surface area contributed by atoms with E-state index in [2.05, 4.69) is 21.6 Å². The van der Waals surface area contributed by atoms with Crippen molar-refractivity contribution in [2.24, 2.45) is 11.8 Å². The first-order chi connectivity index (χ1) is 9.17. The fourth-order valence-electron chi connectivity index (χ4n) is 2.02. The number of esters is 2. The molecule has 0 saturated carbocycles. The maximum atomic E-state index is 11.1. The van der Waals surface area contributed by atoms with Crippen molar-refractivity contribution in [3.05, 3.63) is 36.5 Å². The molecule has 0 aromatic carbocycles. The van der Waals surface area contributed by atoms with Gasteiger partial charge in [-0.25, -0.2) is 9.59 Å². The molecule has 0 unspecified atom stereocenters. The normalized spacial score (nSPS) is 23.5. The van der Waals surface area contributed by atoms with Crippen LogP contribution >= 0.6 is 0 Å². The van der Waals surface area contributed by atoms with Gasteiger partial charge >= 0.3 is 11.9 Å². The summed E-state index contributed by atoms with van der Waals surface area (Å²) < 4.78 is 9.17. The van der Waals surface area contributed by atoms with Gasteiger partial charge in [-0.05, 0) is 25.2 Å². The molecule has 0 heterocycles. The van der Waals surface area contributed by atoms with E-state index >= 15 is 0 Å². The van der Waals surface area contributed by atoms with Crippen LogP contribution in [0.1, 0.15) is 19.3 Å². The van der Waals surface area contributed by atoms with Crippen LogP contribution in [0.2, 0.25) is 0 Å². The molecule has 0 saturated heterocycles. The Hall–Kier alpha value is -1.84. The Balaban J connectivity index is 2.76. The zero-order chi connectivity index (χ0) is 14.1. The highest BCUT2D eigenvalue weighted by atomic mass is 16.5. The number of hydrogen-bond acceptors (Lipinski definition) is 4. The van der Waals surface area contributed by atoms with E-state index in [4.69, 9.17) is 0 Å². The molecule has 4 heteroatoms. The van der Waals surface area contributed by atoms with Crippen molar-refractivity contribution in [2.45, 2.75) is 19.3 Å². The average Bonchev–Trinajstić information content (AvgIpc) is 2.67. The second-order valence-electron chi connectivity index (χ2n) is 4.36. The molecule has 104 valence electrons. The van der Waals surface area contributed by atoms with Crippen LogP contribution in [0.5, 0.6) is 0 Å². The van der Waals surface area contributed by atoms with Gasteiger partial charge in [-0.3, -0.25) is 0 Å². The summed E-state index contributed by atoms with van der Waals surface area (Å²) in [6.07, 6.45) is 13.8. The fraction of sp³-hybridized carbons (Fsp3) is 0.467. The zero-order valence-corrected chi connectivity index (χ0v) is 11.4. The molecule has 1 aliphatic carbocycles. The van der Waals surface area contributed by atoms with Crippen LogP contribution in [0, 0.1) is 11.8 Å². The summed E-state index contributed by atoms with van der Waals surface area (Å²) in [5.74, 6) is -0.432. The highest BCUT2D eigenvalue weighted by Crippen LogP contribution is 2.26. The molecule has 0 aliphatic heterocycles. The fourth-order valence-corrected chi connectivity index (χ4v) is 2.02. The van der Waals surface area contributed by atoms with Crippen LogP contribution in [0.4, 0.5) is 0 Å². The first kappa shape index (κ1) is 15.2. The minimum absolute atomic E-state index is 0.0995. The standard InChI is InChI=1S/C15H20O4/c1-18-14(16)10-8-12-6-4-3-5-7-13(12)9-11-15(17)19-2/h4,6,8-13H,3,5,7H2,1-2H3/b10-8-,11-9-/t12-,13+/m1/s1. The SMILES string of the molecule is COC(=O)/C=C\[C@H]1C=CCCC[C@H]1/C=C\C(=O)OC. The molecule has 19 heavy (non-hydrogen) atoms. The number of hydrogen-bond donors (Lipinski definition) is 0. The van der Waals surface area contributed by atoms with Gasteiger partial charge in [-0.1, -0.05) is 24.3 Å². The van der Waals surface area contributed by atoms with Crippen molar-refractivity contribution in [1.29, 1.82) is 0 Å². The Labute approximate surface area is 113 Å². The van der Waals surface area contributed by atoms with Crippen molar-refractivity contribution in [3.63, 3.8) is 0 Å². The predicted octanol–water partition coefficient (Wildman–Crippen LogP) is 2.42. The monoisotopic (exact) mass is 264 g/mol. The van der Waals surface area contributed by atoms with Crippen molar-refractivity contribution >= 4 is 11.9 Å². The number of rotatable bonds is 4. The summed E-state index contributed by atoms with van der Waals surface area (Å²) in [6.45, 7) is 0. The van der Waals surface area contributed by atoms with Crippen LogP contribution in [0.3, 0.4) is 0 Å². The first-order valence-corrected chi connectivity index (χ1v) is 6.36. The number of carbonyl (C=O) groups is 2. The van der Waals surface area contributed by atoms with Gasteiger partial charge < -0.3 is 9.47 Å². The van der Waals surface area contributed by atoms with Gasteiger partial charge in [0, 0.05) is 18.1 Å². The van der Waals surface area contributed by atoms with E-state index in [-0.39, 0.29) is 23.8 Å². The first-order valence-electron chi connectivity index (χ1n) is 6.36. The number of ether oxygens (including phenoxy) is 2. The summed E-state index contributed by atoms with van der Waals surface area (Å²) in [7, 11) is 2.71. The minimum Gasteiger partial charge on any atom is -0.466 e.